The van der Waals surface area contributed by atoms with Gasteiger partial charge in [-0.25, -0.2) is 0 Å². The van der Waals surface area contributed by atoms with Gasteiger partial charge in [0.1, 0.15) is 0 Å². The van der Waals surface area contributed by atoms with Crippen LogP contribution in [0.15, 0.2) is 6.07 Å². The highest BCUT2D eigenvalue weighted by molar-refractivity contribution is 6.32. The van der Waals surface area contributed by atoms with Gasteiger partial charge in [0.05, 0.1) is 11.6 Å². The Morgan fingerprint density at radius 3 is 2.33 bits per heavy atom. The number of nitriles is 1. The number of rotatable bonds is 0. The minimum atomic E-state index is 0.700. The molecule has 1 rings (SSSR count). The molecule has 2 heteroatoms. The van der Waals surface area contributed by atoms with Crippen molar-refractivity contribution in [2.24, 2.45) is 0 Å². The first-order valence-corrected chi connectivity index (χ1v) is 4.12. The van der Waals surface area contributed by atoms with E-state index in [4.69, 9.17) is 16.9 Å². The molecule has 12 heavy (non-hydrogen) atoms. The maximum atomic E-state index is 8.81. The van der Waals surface area contributed by atoms with Crippen LogP contribution in [-0.2, 0) is 0 Å². The van der Waals surface area contributed by atoms with Gasteiger partial charge < -0.3 is 0 Å². The van der Waals surface area contributed by atoms with Crippen molar-refractivity contribution >= 4 is 11.6 Å². The van der Waals surface area contributed by atoms with Crippen molar-refractivity contribution in [3.05, 3.63) is 33.3 Å². The summed E-state index contributed by atoms with van der Waals surface area (Å²) in [5.41, 5.74) is 3.62. The fraction of sp³-hybridized carbons (Fsp3) is 0.300. The van der Waals surface area contributed by atoms with Gasteiger partial charge in [-0.15, -0.1) is 0 Å². The van der Waals surface area contributed by atoms with E-state index in [1.807, 2.05) is 26.8 Å². The Hall–Kier alpha value is -1.00. The summed E-state index contributed by atoms with van der Waals surface area (Å²) in [7, 11) is 0. The first-order chi connectivity index (χ1) is 5.57. The minimum Gasteiger partial charge on any atom is -0.192 e. The maximum absolute atomic E-state index is 8.81. The standard InChI is InChI=1S/C10H10ClN/c1-6-4-7(2)10(11)8(3)9(6)5-12/h4H,1-3H3. The lowest BCUT2D eigenvalue weighted by molar-refractivity contribution is 1.28. The average molecular weight is 180 g/mol. The molecule has 0 bridgehead atoms. The lowest BCUT2D eigenvalue weighted by Crippen LogP contribution is -1.91. The number of hydrogen-bond acceptors (Lipinski definition) is 1. The van der Waals surface area contributed by atoms with Crippen LogP contribution in [0, 0.1) is 32.1 Å². The highest BCUT2D eigenvalue weighted by atomic mass is 35.5. The lowest BCUT2D eigenvalue weighted by atomic mass is 10.0. The van der Waals surface area contributed by atoms with E-state index in [1.54, 1.807) is 0 Å². The Bertz CT molecular complexity index is 361. The summed E-state index contributed by atoms with van der Waals surface area (Å²) in [6.45, 7) is 5.75. The van der Waals surface area contributed by atoms with E-state index in [0.717, 1.165) is 16.7 Å². The van der Waals surface area contributed by atoms with E-state index >= 15 is 0 Å². The van der Waals surface area contributed by atoms with E-state index < -0.39 is 0 Å². The molecule has 0 aromatic heterocycles. The third-order valence-electron chi connectivity index (χ3n) is 1.99. The largest absolute Gasteiger partial charge is 0.192 e. The minimum absolute atomic E-state index is 0.700. The molecular formula is C10H10ClN. The topological polar surface area (TPSA) is 23.8 Å². The first kappa shape index (κ1) is 9.09. The van der Waals surface area contributed by atoms with Gasteiger partial charge in [-0.3, -0.25) is 0 Å². The van der Waals surface area contributed by atoms with Crippen molar-refractivity contribution in [2.45, 2.75) is 20.8 Å². The second-order valence-corrected chi connectivity index (χ2v) is 3.31. The Balaban J connectivity index is 3.54. The molecule has 0 atom stereocenters. The van der Waals surface area contributed by atoms with Gasteiger partial charge in [-0.2, -0.15) is 5.26 Å². The van der Waals surface area contributed by atoms with Gasteiger partial charge in [0.25, 0.3) is 0 Å². The van der Waals surface area contributed by atoms with Crippen molar-refractivity contribution in [3.8, 4) is 6.07 Å². The molecule has 0 aliphatic heterocycles. The zero-order chi connectivity index (χ0) is 9.30. The molecule has 0 aliphatic carbocycles. The summed E-state index contributed by atoms with van der Waals surface area (Å²) in [5, 5.41) is 9.51. The van der Waals surface area contributed by atoms with Gasteiger partial charge in [0.2, 0.25) is 0 Å². The van der Waals surface area contributed by atoms with Gasteiger partial charge in [0, 0.05) is 5.02 Å². The molecule has 1 nitrogen and oxygen atoms in total. The van der Waals surface area contributed by atoms with Crippen molar-refractivity contribution in [1.82, 2.24) is 0 Å². The monoisotopic (exact) mass is 179 g/mol. The normalized spacial score (nSPS) is 9.58. The highest BCUT2D eigenvalue weighted by Crippen LogP contribution is 2.25. The summed E-state index contributed by atoms with van der Waals surface area (Å²) in [6.07, 6.45) is 0. The summed E-state index contributed by atoms with van der Waals surface area (Å²) in [4.78, 5) is 0. The number of benzene rings is 1. The molecule has 0 saturated heterocycles. The SMILES string of the molecule is Cc1cc(C)c(C#N)c(C)c1Cl. The van der Waals surface area contributed by atoms with Crippen LogP contribution in [0.5, 0.6) is 0 Å². The third-order valence-corrected chi connectivity index (χ3v) is 2.57. The quantitative estimate of drug-likeness (QED) is 0.600. The molecule has 0 fully saturated rings. The zero-order valence-electron chi connectivity index (χ0n) is 7.40. The van der Waals surface area contributed by atoms with Gasteiger partial charge in [0.15, 0.2) is 0 Å². The van der Waals surface area contributed by atoms with E-state index in [2.05, 4.69) is 6.07 Å². The van der Waals surface area contributed by atoms with Crippen molar-refractivity contribution in [3.63, 3.8) is 0 Å². The molecule has 0 amide bonds. The molecule has 62 valence electrons. The van der Waals surface area contributed by atoms with Crippen LogP contribution in [0.1, 0.15) is 22.3 Å². The van der Waals surface area contributed by atoms with Crippen LogP contribution in [0.4, 0.5) is 0 Å². The van der Waals surface area contributed by atoms with Crippen molar-refractivity contribution in [1.29, 1.82) is 5.26 Å². The first-order valence-electron chi connectivity index (χ1n) is 3.74. The summed E-state index contributed by atoms with van der Waals surface area (Å²) in [6, 6.07) is 4.09. The molecule has 0 unspecified atom stereocenters. The molecule has 0 N–H and O–H groups in total. The predicted molar refractivity (Wildman–Crippen MR) is 50.4 cm³/mol. The van der Waals surface area contributed by atoms with Crippen LogP contribution in [0.2, 0.25) is 5.02 Å². The molecule has 0 spiro atoms. The molecular weight excluding hydrogens is 170 g/mol. The van der Waals surface area contributed by atoms with E-state index in [9.17, 15) is 0 Å². The van der Waals surface area contributed by atoms with Crippen molar-refractivity contribution < 1.29 is 0 Å². The average Bonchev–Trinajstić information content (AvgIpc) is 2.01. The van der Waals surface area contributed by atoms with Crippen LogP contribution in [-0.4, -0.2) is 0 Å². The van der Waals surface area contributed by atoms with E-state index in [-0.39, 0.29) is 0 Å². The summed E-state index contributed by atoms with van der Waals surface area (Å²) in [5.74, 6) is 0. The Kier molecular flexibility index (Phi) is 2.40. The van der Waals surface area contributed by atoms with E-state index in [0.29, 0.717) is 10.6 Å². The molecule has 0 heterocycles. The molecule has 0 aliphatic rings. The van der Waals surface area contributed by atoms with Gasteiger partial charge >= 0.3 is 0 Å². The number of aryl methyl sites for hydroxylation is 2. The second kappa shape index (κ2) is 3.16. The van der Waals surface area contributed by atoms with E-state index in [1.165, 1.54) is 0 Å². The maximum Gasteiger partial charge on any atom is 0.0997 e. The zero-order valence-corrected chi connectivity index (χ0v) is 8.16. The Labute approximate surface area is 77.6 Å². The van der Waals surface area contributed by atoms with Crippen molar-refractivity contribution in [2.75, 3.05) is 0 Å². The molecule has 0 radical (unpaired) electrons. The van der Waals surface area contributed by atoms with Gasteiger partial charge in [-0.1, -0.05) is 17.7 Å². The highest BCUT2D eigenvalue weighted by Gasteiger charge is 2.07. The molecule has 0 saturated carbocycles. The third kappa shape index (κ3) is 1.31. The van der Waals surface area contributed by atoms with Crippen LogP contribution < -0.4 is 0 Å². The van der Waals surface area contributed by atoms with Crippen LogP contribution >= 0.6 is 11.6 Å². The van der Waals surface area contributed by atoms with Crippen LogP contribution in [0.25, 0.3) is 0 Å². The van der Waals surface area contributed by atoms with Crippen LogP contribution in [0.3, 0.4) is 0 Å². The molecule has 1 aromatic carbocycles. The predicted octanol–water partition coefficient (Wildman–Crippen LogP) is 3.14. The summed E-state index contributed by atoms with van der Waals surface area (Å²) < 4.78 is 0. The van der Waals surface area contributed by atoms with Gasteiger partial charge in [-0.05, 0) is 37.5 Å². The number of nitrogens with zero attached hydrogens (tertiary/aromatic N) is 1. The Morgan fingerprint density at radius 2 is 1.83 bits per heavy atom. The number of hydrogen-bond donors (Lipinski definition) is 0. The number of halogens is 1. The summed E-state index contributed by atoms with van der Waals surface area (Å²) >= 11 is 5.98. The fourth-order valence-corrected chi connectivity index (χ4v) is 1.48. The fourth-order valence-electron chi connectivity index (χ4n) is 1.33. The lowest BCUT2D eigenvalue weighted by Gasteiger charge is -2.06. The second-order valence-electron chi connectivity index (χ2n) is 2.94. The smallest absolute Gasteiger partial charge is 0.0997 e. The Morgan fingerprint density at radius 1 is 1.25 bits per heavy atom. The molecule has 1 aromatic rings.